The van der Waals surface area contributed by atoms with Crippen LogP contribution in [0.3, 0.4) is 0 Å². The fourth-order valence-electron chi connectivity index (χ4n) is 5.73. The summed E-state index contributed by atoms with van der Waals surface area (Å²) < 4.78 is 8.24. The Labute approximate surface area is 260 Å². The van der Waals surface area contributed by atoms with Gasteiger partial charge in [0.25, 0.3) is 5.91 Å². The number of carbonyl (C=O) groups is 4. The number of aliphatic hydroxyl groups is 2. The van der Waals surface area contributed by atoms with Crippen LogP contribution >= 0.6 is 34.8 Å². The number of nitrogens with one attached hydrogen (secondary N) is 4. The number of rotatable bonds is 6. The summed E-state index contributed by atoms with van der Waals surface area (Å²) in [6.07, 6.45) is -1.06. The Morgan fingerprint density at radius 2 is 1.93 bits per heavy atom. The molecule has 0 aromatic heterocycles. The van der Waals surface area contributed by atoms with Crippen molar-refractivity contribution in [3.8, 4) is 5.75 Å². The highest BCUT2D eigenvalue weighted by atomic mass is 35.6. The molecule has 0 saturated carbocycles. The number of alkyl halides is 3. The number of nitrogens with zero attached hydrogens (tertiary/aromatic N) is 3. The summed E-state index contributed by atoms with van der Waals surface area (Å²) >= 11 is 17.1. The first-order valence-corrected chi connectivity index (χ1v) is 14.1. The second-order valence-corrected chi connectivity index (χ2v) is 12.8. The van der Waals surface area contributed by atoms with Gasteiger partial charge in [0.1, 0.15) is 18.4 Å². The Balaban J connectivity index is 1.51. The average molecular weight is 661 g/mol. The summed E-state index contributed by atoms with van der Waals surface area (Å²) in [5.74, 6) is -3.93. The third-order valence-corrected chi connectivity index (χ3v) is 7.96. The SMILES string of the molecule is C=C1N[C@H]2[C@H](CN3C(=O)CCC3=O)N=C(NC(=O)OCC(Cl)(Cl)Cl)N3CC(NC(=O)c4cccc(OC)c4)C(O)(O)[C@]23N1. The fourth-order valence-corrected chi connectivity index (χ4v) is 5.89. The molecule has 3 saturated heterocycles. The quantitative estimate of drug-likeness (QED) is 0.131. The lowest BCUT2D eigenvalue weighted by molar-refractivity contribution is -0.231. The van der Waals surface area contributed by atoms with Gasteiger partial charge >= 0.3 is 6.09 Å². The number of amides is 4. The van der Waals surface area contributed by atoms with Crippen molar-refractivity contribution in [3.63, 3.8) is 0 Å². The number of halogens is 3. The van der Waals surface area contributed by atoms with E-state index in [9.17, 15) is 29.4 Å². The minimum atomic E-state index is -2.76. The molecule has 4 aliphatic heterocycles. The second kappa shape index (κ2) is 11.2. The van der Waals surface area contributed by atoms with Gasteiger partial charge in [-0.2, -0.15) is 0 Å². The van der Waals surface area contributed by atoms with Gasteiger partial charge in [-0.05, 0) is 18.2 Å². The largest absolute Gasteiger partial charge is 0.497 e. The van der Waals surface area contributed by atoms with E-state index in [4.69, 9.17) is 44.3 Å². The second-order valence-electron chi connectivity index (χ2n) is 10.3. The van der Waals surface area contributed by atoms with Crippen LogP contribution in [0.4, 0.5) is 4.79 Å². The number of ether oxygens (including phenoxy) is 2. The third kappa shape index (κ3) is 5.62. The minimum Gasteiger partial charge on any atom is -0.497 e. The predicted molar refractivity (Wildman–Crippen MR) is 152 cm³/mol. The highest BCUT2D eigenvalue weighted by molar-refractivity contribution is 6.67. The zero-order chi connectivity index (χ0) is 31.3. The van der Waals surface area contributed by atoms with E-state index in [0.29, 0.717) is 5.75 Å². The van der Waals surface area contributed by atoms with Crippen LogP contribution in [-0.2, 0) is 14.3 Å². The molecule has 4 aliphatic rings. The summed E-state index contributed by atoms with van der Waals surface area (Å²) in [6.45, 7) is 2.69. The van der Waals surface area contributed by atoms with Crippen LogP contribution < -0.4 is 26.0 Å². The summed E-state index contributed by atoms with van der Waals surface area (Å²) in [5, 5.41) is 34.6. The van der Waals surface area contributed by atoms with Crippen LogP contribution in [0.15, 0.2) is 41.7 Å². The number of guanidine groups is 1. The van der Waals surface area contributed by atoms with E-state index in [0.717, 1.165) is 4.90 Å². The zero-order valence-electron chi connectivity index (χ0n) is 22.6. The molecule has 3 fully saturated rings. The summed E-state index contributed by atoms with van der Waals surface area (Å²) in [5.41, 5.74) is -1.74. The van der Waals surface area contributed by atoms with Crippen molar-refractivity contribution in [2.75, 3.05) is 26.8 Å². The topological polar surface area (TPSA) is 194 Å². The van der Waals surface area contributed by atoms with Crippen LogP contribution in [0.1, 0.15) is 23.2 Å². The normalized spacial score (nSPS) is 27.5. The van der Waals surface area contributed by atoms with E-state index in [2.05, 4.69) is 32.8 Å². The van der Waals surface area contributed by atoms with Crippen molar-refractivity contribution in [1.82, 2.24) is 31.1 Å². The average Bonchev–Trinajstić information content (AvgIpc) is 3.54. The molecule has 1 aromatic rings. The van der Waals surface area contributed by atoms with Crippen molar-refractivity contribution in [2.24, 2.45) is 4.99 Å². The molecule has 5 rings (SSSR count). The smallest absolute Gasteiger partial charge is 0.414 e. The minimum absolute atomic E-state index is 0.0202. The first-order valence-electron chi connectivity index (χ1n) is 13.0. The Kier molecular flexibility index (Phi) is 8.07. The molecule has 0 radical (unpaired) electrons. The van der Waals surface area contributed by atoms with E-state index in [1.54, 1.807) is 12.1 Å². The molecule has 0 aliphatic carbocycles. The van der Waals surface area contributed by atoms with E-state index in [1.807, 2.05) is 0 Å². The molecular formula is C25H28Cl3N7O8. The monoisotopic (exact) mass is 659 g/mol. The number of hydrogen-bond donors (Lipinski definition) is 6. The number of alkyl carbamates (subject to hydrolysis) is 1. The lowest BCUT2D eigenvalue weighted by Crippen LogP contribution is -2.78. The highest BCUT2D eigenvalue weighted by Gasteiger charge is 2.74. The van der Waals surface area contributed by atoms with Crippen molar-refractivity contribution < 1.29 is 38.9 Å². The lowest BCUT2D eigenvalue weighted by Gasteiger charge is -2.49. The highest BCUT2D eigenvalue weighted by Crippen LogP contribution is 2.45. The first kappa shape index (κ1) is 30.9. The molecule has 1 spiro atoms. The number of hydrogen-bond acceptors (Lipinski definition) is 12. The summed E-state index contributed by atoms with van der Waals surface area (Å²) in [6, 6.07) is 2.78. The number of likely N-dealkylation sites (tertiary alicyclic amines) is 1. The Morgan fingerprint density at radius 3 is 2.58 bits per heavy atom. The fraction of sp³-hybridized carbons (Fsp3) is 0.480. The van der Waals surface area contributed by atoms with E-state index in [1.165, 1.54) is 24.1 Å². The van der Waals surface area contributed by atoms with Crippen molar-refractivity contribution >= 4 is 64.6 Å². The number of aliphatic imine (C=N–C) groups is 1. The molecular weight excluding hydrogens is 633 g/mol. The molecule has 232 valence electrons. The Hall–Kier alpha value is -3.50. The summed E-state index contributed by atoms with van der Waals surface area (Å²) in [4.78, 5) is 57.8. The molecule has 4 atom stereocenters. The first-order chi connectivity index (χ1) is 20.2. The van der Waals surface area contributed by atoms with Crippen LogP contribution in [0.5, 0.6) is 5.75 Å². The summed E-state index contributed by atoms with van der Waals surface area (Å²) in [7, 11) is 1.44. The number of carbonyl (C=O) groups excluding carboxylic acids is 4. The maximum atomic E-state index is 13.2. The van der Waals surface area contributed by atoms with Crippen LogP contribution in [0.2, 0.25) is 0 Å². The van der Waals surface area contributed by atoms with E-state index in [-0.39, 0.29) is 43.3 Å². The van der Waals surface area contributed by atoms with Gasteiger partial charge in [0.05, 0.1) is 31.6 Å². The van der Waals surface area contributed by atoms with Gasteiger partial charge in [0, 0.05) is 24.9 Å². The molecule has 6 N–H and O–H groups in total. The molecule has 0 bridgehead atoms. The van der Waals surface area contributed by atoms with Gasteiger partial charge in [-0.25, -0.2) is 9.79 Å². The van der Waals surface area contributed by atoms with Crippen LogP contribution in [0.25, 0.3) is 0 Å². The molecule has 4 amide bonds. The zero-order valence-corrected chi connectivity index (χ0v) is 24.9. The predicted octanol–water partition coefficient (Wildman–Crippen LogP) is -0.497. The van der Waals surface area contributed by atoms with Crippen LogP contribution in [-0.4, -0.2) is 110 Å². The molecule has 15 nitrogen and oxygen atoms in total. The molecule has 18 heteroatoms. The Bertz CT molecular complexity index is 1390. The van der Waals surface area contributed by atoms with Crippen molar-refractivity contribution in [3.05, 3.63) is 42.2 Å². The Morgan fingerprint density at radius 1 is 1.23 bits per heavy atom. The number of benzene rings is 1. The maximum absolute atomic E-state index is 13.2. The van der Waals surface area contributed by atoms with Gasteiger partial charge in [0.15, 0.2) is 5.66 Å². The van der Waals surface area contributed by atoms with Gasteiger partial charge in [-0.3, -0.25) is 24.6 Å². The maximum Gasteiger partial charge on any atom is 0.414 e. The van der Waals surface area contributed by atoms with E-state index >= 15 is 0 Å². The van der Waals surface area contributed by atoms with Crippen molar-refractivity contribution in [1.29, 1.82) is 0 Å². The van der Waals surface area contributed by atoms with Gasteiger partial charge in [0.2, 0.25) is 27.4 Å². The number of methoxy groups -OCH3 is 1. The molecule has 4 heterocycles. The van der Waals surface area contributed by atoms with Gasteiger partial charge < -0.3 is 40.5 Å². The number of imide groups is 1. The van der Waals surface area contributed by atoms with Gasteiger partial charge in [-0.15, -0.1) is 0 Å². The third-order valence-electron chi connectivity index (χ3n) is 7.63. The standard InChI is InChI=1S/C25H28Cl3N7O8/c1-12-29-19-15(9-34-17(36)6-7-18(34)37)30-21(32-22(39)43-11-23(26,27)28)35-10-16(25(40,41)24(19,35)33-12)31-20(38)13-4-3-5-14(8-13)42-2/h3-5,8,15-16,19,29,33,40-41H,1,6-7,9-11H2,2H3,(H,31,38)(H,30,32,39)/t15-,16?,19-,24-/m0/s1. The van der Waals surface area contributed by atoms with Crippen molar-refractivity contribution in [2.45, 2.75) is 46.2 Å². The van der Waals surface area contributed by atoms with E-state index < -0.39 is 63.8 Å². The molecule has 1 unspecified atom stereocenters. The molecule has 1 aromatic carbocycles. The lowest BCUT2D eigenvalue weighted by atomic mass is 9.85. The van der Waals surface area contributed by atoms with Crippen LogP contribution in [0, 0.1) is 0 Å². The molecule has 43 heavy (non-hydrogen) atoms. The van der Waals surface area contributed by atoms with Gasteiger partial charge in [-0.1, -0.05) is 47.4 Å².